The van der Waals surface area contributed by atoms with E-state index in [2.05, 4.69) is 0 Å². The van der Waals surface area contributed by atoms with E-state index in [1.807, 2.05) is 0 Å². The van der Waals surface area contributed by atoms with Crippen LogP contribution >= 0.6 is 11.6 Å². The Balaban J connectivity index is 1.99. The number of benzene rings is 2. The third-order valence-electron chi connectivity index (χ3n) is 4.65. The van der Waals surface area contributed by atoms with Crippen molar-refractivity contribution in [2.75, 3.05) is 0 Å². The zero-order valence-electron chi connectivity index (χ0n) is 15.8. The summed E-state index contributed by atoms with van der Waals surface area (Å²) in [5.41, 5.74) is 0.00747. The Bertz CT molecular complexity index is 1020. The normalized spacial score (nSPS) is 14.5. The largest absolute Gasteiger partial charge is 0.292 e. The maximum absolute atomic E-state index is 13.2. The zero-order chi connectivity index (χ0) is 22.0. The lowest BCUT2D eigenvalue weighted by Gasteiger charge is -2.34. The molecule has 0 spiro atoms. The number of nitro groups is 1. The molecule has 3 amide bonds. The molecule has 0 N–H and O–H groups in total. The number of rotatable bonds is 6. The van der Waals surface area contributed by atoms with Crippen molar-refractivity contribution in [1.29, 1.82) is 0 Å². The molecular formula is C20H16ClN3O6. The SMILES string of the molecule is C[C@@H](C(=O)c1ccc(Cl)cc1)N(C(=O)c1ccc([N+](=O)[O-])cc1)N1C(=O)CCC1=O. The molecule has 154 valence electrons. The minimum Gasteiger partial charge on any atom is -0.292 e. The van der Waals surface area contributed by atoms with Crippen molar-refractivity contribution in [2.24, 2.45) is 0 Å². The fourth-order valence-corrected chi connectivity index (χ4v) is 3.20. The second kappa shape index (κ2) is 8.42. The molecule has 1 fully saturated rings. The number of hydrazine groups is 1. The number of carbonyl (C=O) groups excluding carboxylic acids is 4. The van der Waals surface area contributed by atoms with Crippen molar-refractivity contribution in [3.8, 4) is 0 Å². The molecule has 0 radical (unpaired) electrons. The number of nitrogens with zero attached hydrogens (tertiary/aromatic N) is 3. The van der Waals surface area contributed by atoms with E-state index in [-0.39, 0.29) is 29.7 Å². The molecular weight excluding hydrogens is 414 g/mol. The van der Waals surface area contributed by atoms with Gasteiger partial charge in [0, 0.05) is 41.1 Å². The maximum atomic E-state index is 13.2. The predicted octanol–water partition coefficient (Wildman–Crippen LogP) is 3.03. The summed E-state index contributed by atoms with van der Waals surface area (Å²) < 4.78 is 0. The molecule has 2 aromatic rings. The van der Waals surface area contributed by atoms with Gasteiger partial charge in [0.05, 0.1) is 4.92 Å². The molecule has 30 heavy (non-hydrogen) atoms. The number of hydrogen-bond acceptors (Lipinski definition) is 6. The summed E-state index contributed by atoms with van der Waals surface area (Å²) in [6.45, 7) is 1.40. The zero-order valence-corrected chi connectivity index (χ0v) is 16.5. The smallest absolute Gasteiger partial charge is 0.273 e. The van der Waals surface area contributed by atoms with Crippen LogP contribution in [-0.4, -0.2) is 44.5 Å². The Morgan fingerprint density at radius 2 is 1.50 bits per heavy atom. The summed E-state index contributed by atoms with van der Waals surface area (Å²) in [6.07, 6.45) is -0.157. The fourth-order valence-electron chi connectivity index (χ4n) is 3.07. The van der Waals surface area contributed by atoms with E-state index in [1.54, 1.807) is 0 Å². The number of amides is 3. The van der Waals surface area contributed by atoms with E-state index < -0.39 is 34.5 Å². The van der Waals surface area contributed by atoms with Gasteiger partial charge in [0.25, 0.3) is 11.6 Å². The maximum Gasteiger partial charge on any atom is 0.273 e. The van der Waals surface area contributed by atoms with Crippen molar-refractivity contribution in [2.45, 2.75) is 25.8 Å². The summed E-state index contributed by atoms with van der Waals surface area (Å²) in [5.74, 6) is -2.52. The summed E-state index contributed by atoms with van der Waals surface area (Å²) in [6, 6.07) is 9.45. The highest BCUT2D eigenvalue weighted by Crippen LogP contribution is 2.23. The first kappa shape index (κ1) is 21.1. The van der Waals surface area contributed by atoms with Gasteiger partial charge in [-0.25, -0.2) is 5.01 Å². The van der Waals surface area contributed by atoms with Gasteiger partial charge in [0.15, 0.2) is 5.78 Å². The summed E-state index contributed by atoms with van der Waals surface area (Å²) in [4.78, 5) is 61.0. The van der Waals surface area contributed by atoms with Crippen LogP contribution in [0.4, 0.5) is 5.69 Å². The second-order valence-corrected chi connectivity index (χ2v) is 7.04. The Morgan fingerprint density at radius 1 is 1.00 bits per heavy atom. The molecule has 2 aromatic carbocycles. The van der Waals surface area contributed by atoms with Crippen LogP contribution in [0.3, 0.4) is 0 Å². The average molecular weight is 430 g/mol. The van der Waals surface area contributed by atoms with Crippen LogP contribution in [0.25, 0.3) is 0 Å². The number of imide groups is 1. The van der Waals surface area contributed by atoms with Gasteiger partial charge in [0.1, 0.15) is 6.04 Å². The van der Waals surface area contributed by atoms with E-state index >= 15 is 0 Å². The molecule has 10 heteroatoms. The van der Waals surface area contributed by atoms with Gasteiger partial charge in [-0.2, -0.15) is 5.01 Å². The highest BCUT2D eigenvalue weighted by molar-refractivity contribution is 6.30. The van der Waals surface area contributed by atoms with Crippen LogP contribution in [0.5, 0.6) is 0 Å². The molecule has 1 atom stereocenters. The van der Waals surface area contributed by atoms with Crippen LogP contribution in [-0.2, 0) is 9.59 Å². The first-order chi connectivity index (χ1) is 14.2. The summed E-state index contributed by atoms with van der Waals surface area (Å²) in [7, 11) is 0. The third-order valence-corrected chi connectivity index (χ3v) is 4.90. The van der Waals surface area contributed by atoms with Crippen LogP contribution in [0.15, 0.2) is 48.5 Å². The number of Topliss-reactive ketones (excluding diaryl/α,β-unsaturated/α-hetero) is 1. The number of ketones is 1. The molecule has 0 saturated carbocycles. The lowest BCUT2D eigenvalue weighted by Crippen LogP contribution is -2.55. The Morgan fingerprint density at radius 3 is 2.00 bits per heavy atom. The minimum atomic E-state index is -1.19. The first-order valence-corrected chi connectivity index (χ1v) is 9.32. The van der Waals surface area contributed by atoms with Crippen molar-refractivity contribution in [1.82, 2.24) is 10.0 Å². The van der Waals surface area contributed by atoms with Gasteiger partial charge < -0.3 is 0 Å². The number of carbonyl (C=O) groups is 4. The van der Waals surface area contributed by atoms with Crippen molar-refractivity contribution >= 4 is 40.8 Å². The average Bonchev–Trinajstić information content (AvgIpc) is 3.06. The number of hydrogen-bond donors (Lipinski definition) is 0. The molecule has 0 aliphatic carbocycles. The van der Waals surface area contributed by atoms with Crippen LogP contribution < -0.4 is 0 Å². The van der Waals surface area contributed by atoms with E-state index in [4.69, 9.17) is 11.6 Å². The number of non-ortho nitro benzene ring substituents is 1. The molecule has 0 unspecified atom stereocenters. The van der Waals surface area contributed by atoms with Gasteiger partial charge >= 0.3 is 0 Å². The Labute approximate surface area is 175 Å². The summed E-state index contributed by atoms with van der Waals surface area (Å²) >= 11 is 5.84. The van der Waals surface area contributed by atoms with Crippen LogP contribution in [0.1, 0.15) is 40.5 Å². The summed E-state index contributed by atoms with van der Waals surface area (Å²) in [5, 5.41) is 12.8. The van der Waals surface area contributed by atoms with Gasteiger partial charge in [-0.05, 0) is 43.3 Å². The predicted molar refractivity (Wildman–Crippen MR) is 106 cm³/mol. The van der Waals surface area contributed by atoms with E-state index in [9.17, 15) is 29.3 Å². The quantitative estimate of drug-likeness (QED) is 0.301. The molecule has 1 heterocycles. The van der Waals surface area contributed by atoms with Gasteiger partial charge in [-0.3, -0.25) is 29.3 Å². The molecule has 0 bridgehead atoms. The highest BCUT2D eigenvalue weighted by Gasteiger charge is 2.41. The molecule has 3 rings (SSSR count). The van der Waals surface area contributed by atoms with E-state index in [0.29, 0.717) is 10.0 Å². The number of nitro benzene ring substituents is 1. The third kappa shape index (κ3) is 4.06. The van der Waals surface area contributed by atoms with Gasteiger partial charge in [-0.1, -0.05) is 11.6 Å². The Hall–Kier alpha value is -3.59. The fraction of sp³-hybridized carbons (Fsp3) is 0.200. The second-order valence-electron chi connectivity index (χ2n) is 6.60. The minimum absolute atomic E-state index is 0.0103. The lowest BCUT2D eigenvalue weighted by molar-refractivity contribution is -0.384. The molecule has 9 nitrogen and oxygen atoms in total. The molecule has 1 aliphatic heterocycles. The standard InChI is InChI=1S/C20H16ClN3O6/c1-12(19(27)13-2-6-15(21)7-3-13)22(23-17(25)10-11-18(23)26)20(28)14-4-8-16(9-5-14)24(29)30/h2-9,12H,10-11H2,1H3/t12-/m0/s1. The topological polar surface area (TPSA) is 118 Å². The number of halogens is 1. The lowest BCUT2D eigenvalue weighted by atomic mass is 10.0. The molecule has 0 aromatic heterocycles. The van der Waals surface area contributed by atoms with Crippen molar-refractivity contribution in [3.05, 3.63) is 74.8 Å². The van der Waals surface area contributed by atoms with Gasteiger partial charge in [-0.15, -0.1) is 0 Å². The Kier molecular flexibility index (Phi) is 5.93. The highest BCUT2D eigenvalue weighted by atomic mass is 35.5. The van der Waals surface area contributed by atoms with Crippen molar-refractivity contribution < 1.29 is 24.1 Å². The van der Waals surface area contributed by atoms with Crippen molar-refractivity contribution in [3.63, 3.8) is 0 Å². The first-order valence-electron chi connectivity index (χ1n) is 8.94. The van der Waals surface area contributed by atoms with E-state index in [1.165, 1.54) is 43.3 Å². The van der Waals surface area contributed by atoms with Crippen LogP contribution in [0, 0.1) is 10.1 Å². The van der Waals surface area contributed by atoms with Crippen LogP contribution in [0.2, 0.25) is 5.02 Å². The molecule has 1 aliphatic rings. The van der Waals surface area contributed by atoms with Gasteiger partial charge in [0.2, 0.25) is 11.8 Å². The molecule has 1 saturated heterocycles. The monoisotopic (exact) mass is 429 g/mol. The van der Waals surface area contributed by atoms with E-state index in [0.717, 1.165) is 17.1 Å².